The Kier molecular flexibility index (Phi) is 5.16. The summed E-state index contributed by atoms with van der Waals surface area (Å²) in [5, 5.41) is 0. The maximum atomic E-state index is 13.3. The largest absolute Gasteiger partial charge is 0.298 e. The molecule has 5 heteroatoms. The van der Waals surface area contributed by atoms with Crippen LogP contribution >= 0.6 is 0 Å². The minimum atomic E-state index is -0.657. The summed E-state index contributed by atoms with van der Waals surface area (Å²) in [7, 11) is 0. The van der Waals surface area contributed by atoms with Gasteiger partial charge < -0.3 is 0 Å². The lowest BCUT2D eigenvalue weighted by atomic mass is 9.88. The van der Waals surface area contributed by atoms with E-state index in [0.29, 0.717) is 6.54 Å². The number of amides is 2. The van der Waals surface area contributed by atoms with Crippen LogP contribution in [-0.4, -0.2) is 39.5 Å². The molecule has 2 fully saturated rings. The first kappa shape index (κ1) is 19.3. The summed E-state index contributed by atoms with van der Waals surface area (Å²) in [6.07, 6.45) is 1.71. The van der Waals surface area contributed by atoms with Crippen molar-refractivity contribution in [2.75, 3.05) is 0 Å². The van der Waals surface area contributed by atoms with Gasteiger partial charge >= 0.3 is 0 Å². The lowest BCUT2D eigenvalue weighted by Crippen LogP contribution is -2.46. The molecule has 0 aliphatic carbocycles. The van der Waals surface area contributed by atoms with E-state index in [1.807, 2.05) is 65.6 Å². The van der Waals surface area contributed by atoms with Crippen LogP contribution in [0.4, 0.5) is 0 Å². The molecule has 0 radical (unpaired) electrons. The zero-order valence-corrected chi connectivity index (χ0v) is 16.4. The number of hydrogen-bond acceptors (Lipinski definition) is 4. The van der Waals surface area contributed by atoms with E-state index in [1.54, 1.807) is 6.08 Å². The van der Waals surface area contributed by atoms with E-state index in [9.17, 15) is 14.4 Å². The van der Waals surface area contributed by atoms with Crippen molar-refractivity contribution in [3.05, 3.63) is 84.4 Å². The number of rotatable bonds is 6. The highest BCUT2D eigenvalue weighted by Crippen LogP contribution is 2.44. The molecule has 2 aliphatic heterocycles. The van der Waals surface area contributed by atoms with E-state index in [2.05, 4.69) is 6.58 Å². The first-order valence-corrected chi connectivity index (χ1v) is 9.84. The zero-order valence-electron chi connectivity index (χ0n) is 16.4. The van der Waals surface area contributed by atoms with Crippen molar-refractivity contribution in [3.8, 4) is 0 Å². The van der Waals surface area contributed by atoms with E-state index in [1.165, 1.54) is 11.8 Å². The maximum Gasteiger partial charge on any atom is 0.235 e. The van der Waals surface area contributed by atoms with Crippen LogP contribution in [0.2, 0.25) is 0 Å². The highest BCUT2D eigenvalue weighted by Gasteiger charge is 2.62. The lowest BCUT2D eigenvalue weighted by Gasteiger charge is -2.30. The standard InChI is InChI=1S/C24H24N2O3/c1-3-19-20-21(22(16(2)27)25(19)14-17-10-6-4-7-11-17)24(29)26(23(20)28)15-18-12-8-5-9-13-18/h3-13,19-22H,1,14-15H2,2H3/t19-,20-,21-,22+/m0/s1. The molecule has 0 saturated carbocycles. The number of imide groups is 1. The topological polar surface area (TPSA) is 57.7 Å². The van der Waals surface area contributed by atoms with Crippen LogP contribution < -0.4 is 0 Å². The Labute approximate surface area is 170 Å². The summed E-state index contributed by atoms with van der Waals surface area (Å²) >= 11 is 0. The van der Waals surface area contributed by atoms with Gasteiger partial charge in [-0.15, -0.1) is 6.58 Å². The Hall–Kier alpha value is -3.05. The highest BCUT2D eigenvalue weighted by atomic mass is 16.2. The molecule has 0 aromatic heterocycles. The summed E-state index contributed by atoms with van der Waals surface area (Å²) in [4.78, 5) is 42.4. The second kappa shape index (κ2) is 7.76. The molecule has 0 spiro atoms. The molecule has 5 nitrogen and oxygen atoms in total. The predicted octanol–water partition coefficient (Wildman–Crippen LogP) is 2.82. The summed E-state index contributed by atoms with van der Waals surface area (Å²) in [6.45, 7) is 6.15. The smallest absolute Gasteiger partial charge is 0.235 e. The molecule has 4 atom stereocenters. The fourth-order valence-electron chi connectivity index (χ4n) is 4.75. The third kappa shape index (κ3) is 3.32. The van der Waals surface area contributed by atoms with E-state index >= 15 is 0 Å². The van der Waals surface area contributed by atoms with Gasteiger partial charge in [-0.25, -0.2) is 0 Å². The van der Waals surface area contributed by atoms with Crippen molar-refractivity contribution >= 4 is 17.6 Å². The van der Waals surface area contributed by atoms with Gasteiger partial charge in [-0.3, -0.25) is 24.2 Å². The average molecular weight is 388 g/mol. The van der Waals surface area contributed by atoms with Crippen LogP contribution in [0.3, 0.4) is 0 Å². The third-order valence-corrected chi connectivity index (χ3v) is 5.99. The van der Waals surface area contributed by atoms with E-state index < -0.39 is 17.9 Å². The number of fused-ring (bicyclic) bond motifs is 1. The van der Waals surface area contributed by atoms with E-state index in [-0.39, 0.29) is 30.2 Å². The second-order valence-electron chi connectivity index (χ2n) is 7.74. The van der Waals surface area contributed by atoms with Gasteiger partial charge in [0.25, 0.3) is 0 Å². The maximum absolute atomic E-state index is 13.3. The van der Waals surface area contributed by atoms with E-state index in [4.69, 9.17) is 0 Å². The molecule has 29 heavy (non-hydrogen) atoms. The number of carbonyl (C=O) groups is 3. The van der Waals surface area contributed by atoms with Crippen molar-refractivity contribution < 1.29 is 14.4 Å². The van der Waals surface area contributed by atoms with E-state index in [0.717, 1.165) is 11.1 Å². The molecule has 4 rings (SSSR count). The van der Waals surface area contributed by atoms with Crippen LogP contribution in [0.1, 0.15) is 18.1 Å². The zero-order chi connectivity index (χ0) is 20.5. The molecule has 2 aromatic carbocycles. The Morgan fingerprint density at radius 1 is 0.897 bits per heavy atom. The molecule has 2 saturated heterocycles. The van der Waals surface area contributed by atoms with Gasteiger partial charge in [-0.1, -0.05) is 66.7 Å². The summed E-state index contributed by atoms with van der Waals surface area (Å²) in [6, 6.07) is 18.2. The van der Waals surface area contributed by atoms with Gasteiger partial charge in [0.05, 0.1) is 24.4 Å². The number of nitrogens with zero attached hydrogens (tertiary/aromatic N) is 2. The summed E-state index contributed by atoms with van der Waals surface area (Å²) < 4.78 is 0. The van der Waals surface area contributed by atoms with Gasteiger partial charge in [-0.2, -0.15) is 0 Å². The molecular weight excluding hydrogens is 364 g/mol. The van der Waals surface area contributed by atoms with Gasteiger partial charge in [0.2, 0.25) is 11.8 Å². The Balaban J connectivity index is 1.66. The summed E-state index contributed by atoms with van der Waals surface area (Å²) in [5.41, 5.74) is 1.93. The molecule has 2 heterocycles. The normalized spacial score (nSPS) is 26.6. The third-order valence-electron chi connectivity index (χ3n) is 5.99. The first-order valence-electron chi connectivity index (χ1n) is 9.84. The van der Waals surface area contributed by atoms with Gasteiger partial charge in [0, 0.05) is 12.6 Å². The molecule has 2 amide bonds. The molecule has 2 aromatic rings. The number of hydrogen-bond donors (Lipinski definition) is 0. The molecular formula is C24H24N2O3. The number of benzene rings is 2. The monoisotopic (exact) mass is 388 g/mol. The molecule has 0 N–H and O–H groups in total. The fraction of sp³-hybridized carbons (Fsp3) is 0.292. The second-order valence-corrected chi connectivity index (χ2v) is 7.74. The van der Waals surface area contributed by atoms with Crippen molar-refractivity contribution in [3.63, 3.8) is 0 Å². The molecule has 148 valence electrons. The number of carbonyl (C=O) groups excluding carboxylic acids is 3. The molecule has 2 aliphatic rings. The van der Waals surface area contributed by atoms with Crippen molar-refractivity contribution in [2.24, 2.45) is 11.8 Å². The van der Waals surface area contributed by atoms with Crippen LogP contribution in [0.15, 0.2) is 73.3 Å². The SMILES string of the molecule is C=C[C@H]1[C@@H]2C(=O)N(Cc3ccccc3)C(=O)[C@@H]2[C@@H](C(C)=O)N1Cc1ccccc1. The minimum absolute atomic E-state index is 0.0945. The Bertz CT molecular complexity index is 941. The number of likely N-dealkylation sites (tertiary alicyclic amines) is 2. The number of ketones is 1. The van der Waals surface area contributed by atoms with Crippen molar-refractivity contribution in [1.29, 1.82) is 0 Å². The van der Waals surface area contributed by atoms with Crippen molar-refractivity contribution in [1.82, 2.24) is 9.80 Å². The van der Waals surface area contributed by atoms with Crippen LogP contribution in [0, 0.1) is 11.8 Å². The van der Waals surface area contributed by atoms with Gasteiger partial charge in [-0.05, 0) is 18.1 Å². The van der Waals surface area contributed by atoms with Crippen LogP contribution in [0.5, 0.6) is 0 Å². The Morgan fingerprint density at radius 2 is 1.41 bits per heavy atom. The van der Waals surface area contributed by atoms with Crippen LogP contribution in [0.25, 0.3) is 0 Å². The first-order chi connectivity index (χ1) is 14.0. The fourth-order valence-corrected chi connectivity index (χ4v) is 4.75. The lowest BCUT2D eigenvalue weighted by molar-refractivity contribution is -0.143. The summed E-state index contributed by atoms with van der Waals surface area (Å²) in [5.74, 6) is -1.79. The predicted molar refractivity (Wildman–Crippen MR) is 109 cm³/mol. The van der Waals surface area contributed by atoms with Gasteiger partial charge in [0.1, 0.15) is 5.78 Å². The van der Waals surface area contributed by atoms with Crippen molar-refractivity contribution in [2.45, 2.75) is 32.1 Å². The minimum Gasteiger partial charge on any atom is -0.298 e. The number of Topliss-reactive ketones (excluding diaryl/α,β-unsaturated/α-hetero) is 1. The van der Waals surface area contributed by atoms with Gasteiger partial charge in [0.15, 0.2) is 0 Å². The average Bonchev–Trinajstić information content (AvgIpc) is 3.17. The quantitative estimate of drug-likeness (QED) is 0.564. The molecule has 0 unspecified atom stereocenters. The van der Waals surface area contributed by atoms with Crippen LogP contribution in [-0.2, 0) is 27.5 Å². The Morgan fingerprint density at radius 3 is 1.93 bits per heavy atom. The molecule has 0 bridgehead atoms. The highest BCUT2D eigenvalue weighted by molar-refractivity contribution is 6.08.